The number of aliphatic hydroxyl groups excluding tert-OH is 1. The topological polar surface area (TPSA) is 20.2 Å². The summed E-state index contributed by atoms with van der Waals surface area (Å²) in [5.74, 6) is 0. The molecule has 10 heavy (non-hydrogen) atoms. The van der Waals surface area contributed by atoms with Crippen LogP contribution in [0.3, 0.4) is 0 Å². The molecule has 1 heteroatoms. The van der Waals surface area contributed by atoms with Crippen LogP contribution in [0.2, 0.25) is 0 Å². The lowest BCUT2D eigenvalue weighted by Crippen LogP contribution is -1.83. The van der Waals surface area contributed by atoms with Crippen LogP contribution < -0.4 is 0 Å². The van der Waals surface area contributed by atoms with Crippen molar-refractivity contribution in [1.29, 1.82) is 0 Å². The Hall–Kier alpha value is -0.560. The number of hydrogen-bond acceptors (Lipinski definition) is 1. The normalized spacial score (nSPS) is 14.0. The van der Waals surface area contributed by atoms with Crippen molar-refractivity contribution in [1.82, 2.24) is 0 Å². The van der Waals surface area contributed by atoms with Gasteiger partial charge in [-0.3, -0.25) is 0 Å². The molecule has 0 aromatic carbocycles. The van der Waals surface area contributed by atoms with Crippen LogP contribution in [0, 0.1) is 0 Å². The fourth-order valence-electron chi connectivity index (χ4n) is 0.815. The van der Waals surface area contributed by atoms with Crippen LogP contribution in [-0.2, 0) is 0 Å². The molecule has 0 saturated carbocycles. The van der Waals surface area contributed by atoms with Gasteiger partial charge in [-0.05, 0) is 25.8 Å². The molecule has 0 spiro atoms. The average molecular weight is 140 g/mol. The first kappa shape index (κ1) is 9.44. The minimum Gasteiger partial charge on any atom is -0.392 e. The number of aliphatic hydroxyl groups is 1. The fourth-order valence-corrected chi connectivity index (χ4v) is 0.815. The van der Waals surface area contributed by atoms with E-state index in [1.165, 1.54) is 5.57 Å². The highest BCUT2D eigenvalue weighted by molar-refractivity contribution is 5.20. The van der Waals surface area contributed by atoms with Crippen molar-refractivity contribution in [2.24, 2.45) is 0 Å². The fraction of sp³-hybridized carbons (Fsp3) is 0.556. The van der Waals surface area contributed by atoms with Crippen molar-refractivity contribution in [2.75, 3.05) is 6.61 Å². The van der Waals surface area contributed by atoms with Gasteiger partial charge in [-0.2, -0.15) is 0 Å². The van der Waals surface area contributed by atoms with E-state index in [9.17, 15) is 0 Å². The molecule has 0 unspecified atom stereocenters. The molecule has 0 atom stereocenters. The van der Waals surface area contributed by atoms with Crippen molar-refractivity contribution in [3.63, 3.8) is 0 Å². The highest BCUT2D eigenvalue weighted by Gasteiger charge is 1.84. The van der Waals surface area contributed by atoms with Crippen molar-refractivity contribution < 1.29 is 5.11 Å². The van der Waals surface area contributed by atoms with Gasteiger partial charge in [0.05, 0.1) is 6.61 Å². The van der Waals surface area contributed by atoms with Gasteiger partial charge in [0.1, 0.15) is 0 Å². The molecular weight excluding hydrogens is 124 g/mol. The molecule has 1 nitrogen and oxygen atoms in total. The summed E-state index contributed by atoms with van der Waals surface area (Å²) in [5, 5.41) is 8.66. The second kappa shape index (κ2) is 5.24. The maximum absolute atomic E-state index is 8.66. The molecule has 0 rings (SSSR count). The first-order valence-electron chi connectivity index (χ1n) is 3.65. The third-order valence-electron chi connectivity index (χ3n) is 1.25. The van der Waals surface area contributed by atoms with E-state index in [1.807, 2.05) is 19.9 Å². The molecule has 0 saturated heterocycles. The zero-order chi connectivity index (χ0) is 7.98. The van der Waals surface area contributed by atoms with E-state index in [4.69, 9.17) is 5.11 Å². The lowest BCUT2D eigenvalue weighted by molar-refractivity contribution is 0.331. The predicted molar refractivity (Wildman–Crippen MR) is 44.9 cm³/mol. The van der Waals surface area contributed by atoms with Gasteiger partial charge in [-0.1, -0.05) is 24.6 Å². The van der Waals surface area contributed by atoms with Crippen LogP contribution in [-0.4, -0.2) is 11.7 Å². The van der Waals surface area contributed by atoms with Crippen LogP contribution in [0.1, 0.15) is 27.2 Å². The summed E-state index contributed by atoms with van der Waals surface area (Å²) < 4.78 is 0. The first-order chi connectivity index (χ1) is 4.70. The minimum atomic E-state index is 0.162. The first-order valence-corrected chi connectivity index (χ1v) is 3.65. The highest BCUT2D eigenvalue weighted by Crippen LogP contribution is 2.01. The van der Waals surface area contributed by atoms with Crippen LogP contribution in [0.4, 0.5) is 0 Å². The van der Waals surface area contributed by atoms with E-state index in [-0.39, 0.29) is 6.61 Å². The van der Waals surface area contributed by atoms with Crippen LogP contribution in [0.25, 0.3) is 0 Å². The summed E-state index contributed by atoms with van der Waals surface area (Å²) in [6, 6.07) is 0. The monoisotopic (exact) mass is 140 g/mol. The molecule has 0 aliphatic carbocycles. The Morgan fingerprint density at radius 1 is 1.40 bits per heavy atom. The average Bonchev–Trinajstić information content (AvgIpc) is 1.88. The molecule has 0 amide bonds. The zero-order valence-electron chi connectivity index (χ0n) is 7.02. The quantitative estimate of drug-likeness (QED) is 0.596. The van der Waals surface area contributed by atoms with Crippen molar-refractivity contribution >= 4 is 0 Å². The van der Waals surface area contributed by atoms with Gasteiger partial charge in [-0.15, -0.1) is 0 Å². The van der Waals surface area contributed by atoms with E-state index in [2.05, 4.69) is 13.0 Å². The Kier molecular flexibility index (Phi) is 4.95. The standard InChI is InChI=1S/C9H16O/c1-4-5-8(2)6-9(3)7-10/h5-6,10H,4,7H2,1-3H3. The van der Waals surface area contributed by atoms with Gasteiger partial charge in [0.25, 0.3) is 0 Å². The summed E-state index contributed by atoms with van der Waals surface area (Å²) >= 11 is 0. The van der Waals surface area contributed by atoms with Gasteiger partial charge < -0.3 is 5.11 Å². The maximum atomic E-state index is 8.66. The van der Waals surface area contributed by atoms with Gasteiger partial charge >= 0.3 is 0 Å². The number of hydrogen-bond donors (Lipinski definition) is 1. The van der Waals surface area contributed by atoms with E-state index >= 15 is 0 Å². The molecule has 0 bridgehead atoms. The lowest BCUT2D eigenvalue weighted by Gasteiger charge is -1.94. The predicted octanol–water partition coefficient (Wildman–Crippen LogP) is 2.28. The molecule has 1 N–H and O–H groups in total. The van der Waals surface area contributed by atoms with Gasteiger partial charge in [0.15, 0.2) is 0 Å². The summed E-state index contributed by atoms with van der Waals surface area (Å²) in [5.41, 5.74) is 2.25. The van der Waals surface area contributed by atoms with Gasteiger partial charge in [0.2, 0.25) is 0 Å². The Morgan fingerprint density at radius 3 is 2.40 bits per heavy atom. The van der Waals surface area contributed by atoms with Crippen LogP contribution in [0.15, 0.2) is 23.3 Å². The molecule has 0 heterocycles. The van der Waals surface area contributed by atoms with Crippen molar-refractivity contribution in [3.05, 3.63) is 23.3 Å². The molecule has 0 aliphatic heterocycles. The van der Waals surface area contributed by atoms with E-state index < -0.39 is 0 Å². The Bertz CT molecular complexity index is 143. The molecule has 0 aliphatic rings. The maximum Gasteiger partial charge on any atom is 0.0642 e. The second-order valence-corrected chi connectivity index (χ2v) is 2.51. The third-order valence-corrected chi connectivity index (χ3v) is 1.25. The SMILES string of the molecule is CCC=C(C)C=C(C)CO. The highest BCUT2D eigenvalue weighted by atomic mass is 16.3. The molecule has 0 fully saturated rings. The lowest BCUT2D eigenvalue weighted by atomic mass is 10.2. The summed E-state index contributed by atoms with van der Waals surface area (Å²) in [7, 11) is 0. The second-order valence-electron chi connectivity index (χ2n) is 2.51. The third kappa shape index (κ3) is 4.33. The molecular formula is C9H16O. The number of rotatable bonds is 3. The van der Waals surface area contributed by atoms with E-state index in [1.54, 1.807) is 0 Å². The Morgan fingerprint density at radius 2 is 2.00 bits per heavy atom. The minimum absolute atomic E-state index is 0.162. The largest absolute Gasteiger partial charge is 0.392 e. The summed E-state index contributed by atoms with van der Waals surface area (Å²) in [6.45, 7) is 6.23. The van der Waals surface area contributed by atoms with Crippen LogP contribution >= 0.6 is 0 Å². The molecule has 0 aromatic rings. The zero-order valence-corrected chi connectivity index (χ0v) is 7.02. The smallest absolute Gasteiger partial charge is 0.0642 e. The van der Waals surface area contributed by atoms with Crippen molar-refractivity contribution in [3.8, 4) is 0 Å². The van der Waals surface area contributed by atoms with Gasteiger partial charge in [0, 0.05) is 0 Å². The molecule has 58 valence electrons. The van der Waals surface area contributed by atoms with E-state index in [0.717, 1.165) is 12.0 Å². The number of allylic oxidation sites excluding steroid dienone is 3. The summed E-state index contributed by atoms with van der Waals surface area (Å²) in [6.07, 6.45) is 5.20. The molecule has 0 aromatic heterocycles. The Labute approximate surface area is 63.1 Å². The Balaban J connectivity index is 3.98. The summed E-state index contributed by atoms with van der Waals surface area (Å²) in [4.78, 5) is 0. The van der Waals surface area contributed by atoms with E-state index in [0.29, 0.717) is 0 Å². The van der Waals surface area contributed by atoms with Crippen molar-refractivity contribution in [2.45, 2.75) is 27.2 Å². The van der Waals surface area contributed by atoms with Crippen LogP contribution in [0.5, 0.6) is 0 Å². The molecule has 0 radical (unpaired) electrons. The van der Waals surface area contributed by atoms with Gasteiger partial charge in [-0.25, -0.2) is 0 Å².